The Bertz CT molecular complexity index is 804. The lowest BCUT2D eigenvalue weighted by molar-refractivity contribution is -0.147. The highest BCUT2D eigenvalue weighted by Gasteiger charge is 2.33. The third kappa shape index (κ3) is 3.94. The van der Waals surface area contributed by atoms with Crippen LogP contribution in [0.2, 0.25) is 0 Å². The highest BCUT2D eigenvalue weighted by atomic mass is 32.1. The predicted octanol–water partition coefficient (Wildman–Crippen LogP) is 3.17. The van der Waals surface area contributed by atoms with Crippen LogP contribution in [0.5, 0.6) is 0 Å². The van der Waals surface area contributed by atoms with Gasteiger partial charge in [0.25, 0.3) is 11.8 Å². The molecule has 6 nitrogen and oxygen atoms in total. The number of esters is 1. The van der Waals surface area contributed by atoms with E-state index < -0.39 is 6.04 Å². The third-order valence-electron chi connectivity index (χ3n) is 4.35. The van der Waals surface area contributed by atoms with Crippen LogP contribution in [0.25, 0.3) is 0 Å². The summed E-state index contributed by atoms with van der Waals surface area (Å²) >= 11 is 1.35. The molecule has 1 fully saturated rings. The first-order valence-electron chi connectivity index (χ1n) is 8.44. The molecule has 7 heteroatoms. The number of rotatable bonds is 4. The Kier molecular flexibility index (Phi) is 5.68. The maximum atomic E-state index is 12.9. The van der Waals surface area contributed by atoms with E-state index in [4.69, 9.17) is 4.74 Å². The Balaban J connectivity index is 1.77. The largest absolute Gasteiger partial charge is 0.467 e. The summed E-state index contributed by atoms with van der Waals surface area (Å²) in [5.74, 6) is -0.831. The number of methoxy groups -OCH3 is 1. The van der Waals surface area contributed by atoms with Crippen molar-refractivity contribution in [2.75, 3.05) is 19.0 Å². The Labute approximate surface area is 155 Å². The monoisotopic (exact) mass is 372 g/mol. The van der Waals surface area contributed by atoms with Crippen LogP contribution in [0, 0.1) is 0 Å². The molecule has 136 valence electrons. The molecular weight excluding hydrogens is 352 g/mol. The van der Waals surface area contributed by atoms with E-state index in [0.29, 0.717) is 29.1 Å². The van der Waals surface area contributed by atoms with E-state index in [1.807, 2.05) is 11.4 Å². The van der Waals surface area contributed by atoms with Crippen molar-refractivity contribution in [1.82, 2.24) is 4.90 Å². The van der Waals surface area contributed by atoms with Gasteiger partial charge in [0.1, 0.15) is 6.04 Å². The van der Waals surface area contributed by atoms with E-state index in [1.165, 1.54) is 18.4 Å². The normalized spacial score (nSPS) is 16.8. The van der Waals surface area contributed by atoms with Crippen LogP contribution in [0.15, 0.2) is 41.8 Å². The second-order valence-corrected chi connectivity index (χ2v) is 6.99. The minimum absolute atomic E-state index is 0.213. The van der Waals surface area contributed by atoms with Crippen molar-refractivity contribution in [2.24, 2.45) is 0 Å². The summed E-state index contributed by atoms with van der Waals surface area (Å²) in [6.45, 7) is 0.518. The van der Waals surface area contributed by atoms with Crippen LogP contribution in [0.1, 0.15) is 39.3 Å². The molecule has 0 spiro atoms. The van der Waals surface area contributed by atoms with E-state index in [-0.39, 0.29) is 17.8 Å². The molecule has 26 heavy (non-hydrogen) atoms. The highest BCUT2D eigenvalue weighted by Crippen LogP contribution is 2.22. The molecule has 1 aromatic heterocycles. The van der Waals surface area contributed by atoms with Crippen molar-refractivity contribution in [3.63, 3.8) is 0 Å². The minimum atomic E-state index is -0.550. The van der Waals surface area contributed by atoms with Gasteiger partial charge >= 0.3 is 5.97 Å². The number of benzene rings is 1. The van der Waals surface area contributed by atoms with Crippen molar-refractivity contribution in [3.05, 3.63) is 52.2 Å². The van der Waals surface area contributed by atoms with Crippen LogP contribution in [0.3, 0.4) is 0 Å². The Morgan fingerprint density at radius 1 is 1.19 bits per heavy atom. The second kappa shape index (κ2) is 8.14. The lowest BCUT2D eigenvalue weighted by atomic mass is 10.0. The zero-order chi connectivity index (χ0) is 18.5. The molecule has 0 bridgehead atoms. The number of nitrogens with one attached hydrogen (secondary N) is 1. The maximum Gasteiger partial charge on any atom is 0.328 e. The zero-order valence-electron chi connectivity index (χ0n) is 14.4. The lowest BCUT2D eigenvalue weighted by Gasteiger charge is -2.33. The summed E-state index contributed by atoms with van der Waals surface area (Å²) in [6.07, 6.45) is 2.35. The van der Waals surface area contributed by atoms with E-state index in [1.54, 1.807) is 35.2 Å². The first-order valence-corrected chi connectivity index (χ1v) is 9.32. The number of thiophene rings is 1. The van der Waals surface area contributed by atoms with Crippen molar-refractivity contribution in [1.29, 1.82) is 0 Å². The number of hydrogen-bond acceptors (Lipinski definition) is 5. The fraction of sp³-hybridized carbons (Fsp3) is 0.316. The minimum Gasteiger partial charge on any atom is -0.467 e. The number of amides is 2. The average molecular weight is 372 g/mol. The molecule has 0 radical (unpaired) electrons. The van der Waals surface area contributed by atoms with Crippen molar-refractivity contribution in [3.8, 4) is 0 Å². The van der Waals surface area contributed by atoms with Crippen molar-refractivity contribution < 1.29 is 19.1 Å². The SMILES string of the molecule is COC(=O)C1CCCCN1C(=O)c1cccc(NC(=O)c2cccs2)c1. The van der Waals surface area contributed by atoms with Gasteiger partial charge in [0.2, 0.25) is 0 Å². The van der Waals surface area contributed by atoms with Crippen molar-refractivity contribution >= 4 is 34.8 Å². The second-order valence-electron chi connectivity index (χ2n) is 6.05. The summed E-state index contributed by atoms with van der Waals surface area (Å²) in [5, 5.41) is 4.63. The highest BCUT2D eigenvalue weighted by molar-refractivity contribution is 7.12. The number of ether oxygens (including phenoxy) is 1. The molecule has 1 atom stereocenters. The van der Waals surface area contributed by atoms with Gasteiger partial charge < -0.3 is 15.0 Å². The van der Waals surface area contributed by atoms with Crippen molar-refractivity contribution in [2.45, 2.75) is 25.3 Å². The molecule has 2 heterocycles. The van der Waals surface area contributed by atoms with Crippen LogP contribution in [0.4, 0.5) is 5.69 Å². The zero-order valence-corrected chi connectivity index (χ0v) is 15.3. The molecule has 1 aliphatic rings. The van der Waals surface area contributed by atoms with Gasteiger partial charge in [-0.05, 0) is 48.9 Å². The van der Waals surface area contributed by atoms with Gasteiger partial charge in [-0.2, -0.15) is 0 Å². The smallest absolute Gasteiger partial charge is 0.328 e. The number of anilines is 1. The molecule has 0 aliphatic carbocycles. The van der Waals surface area contributed by atoms with Crippen LogP contribution in [-0.4, -0.2) is 42.4 Å². The average Bonchev–Trinajstić information content (AvgIpc) is 3.22. The number of nitrogens with zero attached hydrogens (tertiary/aromatic N) is 1. The third-order valence-corrected chi connectivity index (χ3v) is 5.22. The topological polar surface area (TPSA) is 75.7 Å². The molecule has 1 aromatic carbocycles. The predicted molar refractivity (Wildman–Crippen MR) is 99.4 cm³/mol. The van der Waals surface area contributed by atoms with Gasteiger partial charge in [0, 0.05) is 17.8 Å². The van der Waals surface area contributed by atoms with Gasteiger partial charge in [-0.1, -0.05) is 12.1 Å². The maximum absolute atomic E-state index is 12.9. The van der Waals surface area contributed by atoms with Gasteiger partial charge in [0.15, 0.2) is 0 Å². The summed E-state index contributed by atoms with van der Waals surface area (Å²) in [7, 11) is 1.33. The number of carbonyl (C=O) groups is 3. The summed E-state index contributed by atoms with van der Waals surface area (Å²) in [5.41, 5.74) is 0.977. The van der Waals surface area contributed by atoms with Gasteiger partial charge in [-0.25, -0.2) is 4.79 Å². The lowest BCUT2D eigenvalue weighted by Crippen LogP contribution is -2.48. The van der Waals surface area contributed by atoms with Gasteiger partial charge in [-0.3, -0.25) is 9.59 Å². The summed E-state index contributed by atoms with van der Waals surface area (Å²) in [4.78, 5) is 39.2. The first-order chi connectivity index (χ1) is 12.6. The van der Waals surface area contributed by atoms with E-state index in [0.717, 1.165) is 12.8 Å². The number of likely N-dealkylation sites (tertiary alicyclic amines) is 1. The van der Waals surface area contributed by atoms with Crippen LogP contribution < -0.4 is 5.32 Å². The molecule has 1 aliphatic heterocycles. The van der Waals surface area contributed by atoms with E-state index >= 15 is 0 Å². The van der Waals surface area contributed by atoms with Gasteiger partial charge in [-0.15, -0.1) is 11.3 Å². The van der Waals surface area contributed by atoms with Gasteiger partial charge in [0.05, 0.1) is 12.0 Å². The molecule has 3 rings (SSSR count). The quantitative estimate of drug-likeness (QED) is 0.837. The van der Waals surface area contributed by atoms with Crippen LogP contribution in [-0.2, 0) is 9.53 Å². The molecular formula is C19H20N2O4S. The standard InChI is InChI=1S/C19H20N2O4S/c1-25-19(24)15-8-2-3-10-21(15)18(23)13-6-4-7-14(12-13)20-17(22)16-9-5-11-26-16/h4-7,9,11-12,15H,2-3,8,10H2,1H3,(H,20,22). The molecule has 0 saturated carbocycles. The number of carbonyl (C=O) groups excluding carboxylic acids is 3. The Morgan fingerprint density at radius 2 is 2.04 bits per heavy atom. The van der Waals surface area contributed by atoms with E-state index in [2.05, 4.69) is 5.32 Å². The molecule has 1 saturated heterocycles. The fourth-order valence-corrected chi connectivity index (χ4v) is 3.67. The Hall–Kier alpha value is -2.67. The van der Waals surface area contributed by atoms with E-state index in [9.17, 15) is 14.4 Å². The molecule has 1 N–H and O–H groups in total. The fourth-order valence-electron chi connectivity index (χ4n) is 3.05. The molecule has 1 unspecified atom stereocenters. The summed E-state index contributed by atoms with van der Waals surface area (Å²) < 4.78 is 4.84. The number of hydrogen-bond donors (Lipinski definition) is 1. The molecule has 2 amide bonds. The summed E-state index contributed by atoms with van der Waals surface area (Å²) in [6, 6.07) is 9.77. The Morgan fingerprint density at radius 3 is 2.77 bits per heavy atom. The first kappa shape index (κ1) is 18.1. The van der Waals surface area contributed by atoms with Crippen LogP contribution >= 0.6 is 11.3 Å². The number of piperidine rings is 1. The molecule has 2 aromatic rings.